The van der Waals surface area contributed by atoms with Crippen LogP contribution in [0.5, 0.6) is 0 Å². The van der Waals surface area contributed by atoms with Gasteiger partial charge in [-0.1, -0.05) is 26.0 Å². The van der Waals surface area contributed by atoms with Gasteiger partial charge in [0.25, 0.3) is 11.5 Å². The molecule has 0 aliphatic carbocycles. The summed E-state index contributed by atoms with van der Waals surface area (Å²) >= 11 is 0. The number of halogens is 3. The predicted molar refractivity (Wildman–Crippen MR) is 159 cm³/mol. The van der Waals surface area contributed by atoms with E-state index in [0.29, 0.717) is 23.5 Å². The van der Waals surface area contributed by atoms with Gasteiger partial charge in [-0.05, 0) is 61.4 Å². The molecular formula is C31H33F3N6O2. The number of nitrogens with zero attached hydrogens (tertiary/aromatic N) is 5. The number of allylic oxidation sites excluding steroid dienone is 2. The molecule has 4 rings (SSSR count). The van der Waals surface area contributed by atoms with Crippen molar-refractivity contribution in [1.82, 2.24) is 19.5 Å². The van der Waals surface area contributed by atoms with Crippen molar-refractivity contribution in [3.8, 4) is 0 Å². The zero-order chi connectivity index (χ0) is 31.1. The molecule has 0 aliphatic rings. The molecule has 11 heteroatoms. The van der Waals surface area contributed by atoms with Crippen molar-refractivity contribution in [2.24, 2.45) is 4.99 Å². The first kappa shape index (κ1) is 33.3. The fourth-order valence-electron chi connectivity index (χ4n) is 3.29. The molecular weight excluding hydrogens is 545 g/mol. The number of nitrogens with one attached hydrogen (secondary N) is 1. The van der Waals surface area contributed by atoms with Crippen molar-refractivity contribution < 1.29 is 18.0 Å². The standard InChI is InChI=1S/C18H16N4O2.C11H11F3N2.C2H6/c1-13-4-6-16(20-9-13)21-18(24)15-5-7-17(23)22(12-15)11-14-3-2-8-19-10-14;1-8(11(12,13)14)6-10(15-2)9-4-3-5-16-7-9;1-2/h2-10,12H,11H2,1H3,(H,20,21,24);3-7H,1-2H3;1-2H3/b;8-6+,15-10?;. The molecule has 0 bridgehead atoms. The van der Waals surface area contributed by atoms with E-state index < -0.39 is 11.7 Å². The number of rotatable bonds is 6. The van der Waals surface area contributed by atoms with Gasteiger partial charge >= 0.3 is 6.18 Å². The number of alkyl halides is 3. The third-order valence-electron chi connectivity index (χ3n) is 5.47. The second-order valence-corrected chi connectivity index (χ2v) is 8.60. The van der Waals surface area contributed by atoms with Crippen LogP contribution in [0.25, 0.3) is 0 Å². The summed E-state index contributed by atoms with van der Waals surface area (Å²) in [6.07, 6.45) is 6.30. The van der Waals surface area contributed by atoms with Crippen LogP contribution in [-0.4, -0.2) is 44.4 Å². The normalized spacial score (nSPS) is 11.4. The number of aliphatic imine (C=N–C) groups is 1. The Hall–Kier alpha value is -4.93. The highest BCUT2D eigenvalue weighted by molar-refractivity contribution is 6.08. The first-order chi connectivity index (χ1) is 20.1. The highest BCUT2D eigenvalue weighted by Crippen LogP contribution is 2.25. The van der Waals surface area contributed by atoms with E-state index in [9.17, 15) is 22.8 Å². The third kappa shape index (κ3) is 10.6. The van der Waals surface area contributed by atoms with Gasteiger partial charge < -0.3 is 9.88 Å². The lowest BCUT2D eigenvalue weighted by Crippen LogP contribution is -2.22. The molecule has 0 aliphatic heterocycles. The van der Waals surface area contributed by atoms with Crippen molar-refractivity contribution in [2.45, 2.75) is 40.4 Å². The zero-order valence-electron chi connectivity index (χ0n) is 24.1. The van der Waals surface area contributed by atoms with Gasteiger partial charge in [0.2, 0.25) is 0 Å². The molecule has 4 aromatic rings. The topological polar surface area (TPSA) is 102 Å². The van der Waals surface area contributed by atoms with Crippen LogP contribution in [0, 0.1) is 6.92 Å². The van der Waals surface area contributed by atoms with Crippen molar-refractivity contribution >= 4 is 17.4 Å². The zero-order valence-corrected chi connectivity index (χ0v) is 24.1. The van der Waals surface area contributed by atoms with E-state index in [0.717, 1.165) is 24.1 Å². The van der Waals surface area contributed by atoms with Crippen LogP contribution in [0.3, 0.4) is 0 Å². The summed E-state index contributed by atoms with van der Waals surface area (Å²) in [5.41, 5.74) is 2.26. The highest BCUT2D eigenvalue weighted by atomic mass is 19.4. The van der Waals surface area contributed by atoms with E-state index in [4.69, 9.17) is 0 Å². The summed E-state index contributed by atoms with van der Waals surface area (Å²) in [5, 5.41) is 2.72. The first-order valence-corrected chi connectivity index (χ1v) is 13.0. The smallest absolute Gasteiger partial charge is 0.310 e. The number of hydrogen-bond acceptors (Lipinski definition) is 6. The van der Waals surface area contributed by atoms with E-state index in [1.165, 1.54) is 29.9 Å². The molecule has 0 aromatic carbocycles. The molecule has 4 heterocycles. The first-order valence-electron chi connectivity index (χ1n) is 13.0. The third-order valence-corrected chi connectivity index (χ3v) is 5.47. The van der Waals surface area contributed by atoms with Gasteiger partial charge in [-0.3, -0.25) is 24.5 Å². The van der Waals surface area contributed by atoms with Gasteiger partial charge in [0.1, 0.15) is 5.82 Å². The molecule has 1 amide bonds. The lowest BCUT2D eigenvalue weighted by atomic mass is 10.1. The number of anilines is 1. The molecule has 0 unspecified atom stereocenters. The lowest BCUT2D eigenvalue weighted by molar-refractivity contribution is -0.0912. The van der Waals surface area contributed by atoms with Crippen LogP contribution in [0.1, 0.15) is 47.8 Å². The molecule has 0 saturated carbocycles. The van der Waals surface area contributed by atoms with Crippen LogP contribution in [0.15, 0.2) is 107 Å². The second-order valence-electron chi connectivity index (χ2n) is 8.60. The minimum atomic E-state index is -4.32. The van der Waals surface area contributed by atoms with Crippen LogP contribution in [0.2, 0.25) is 0 Å². The minimum absolute atomic E-state index is 0.177. The Bertz CT molecular complexity index is 1530. The molecule has 0 spiro atoms. The number of amides is 1. The SMILES string of the molecule is CC.CN=C(/C=C(\C)C(F)(F)F)c1cccnc1.Cc1ccc(NC(=O)c2ccc(=O)n(Cc3cccnc3)c2)nc1. The summed E-state index contributed by atoms with van der Waals surface area (Å²) in [5.74, 6) is 0.155. The predicted octanol–water partition coefficient (Wildman–Crippen LogP) is 6.28. The Labute approximate surface area is 242 Å². The summed E-state index contributed by atoms with van der Waals surface area (Å²) < 4.78 is 38.4. The molecule has 8 nitrogen and oxygen atoms in total. The lowest BCUT2D eigenvalue weighted by Gasteiger charge is -2.09. The maximum Gasteiger partial charge on any atom is 0.412 e. The average Bonchev–Trinajstić information content (AvgIpc) is 3.00. The largest absolute Gasteiger partial charge is 0.412 e. The van der Waals surface area contributed by atoms with Crippen molar-refractivity contribution in [1.29, 1.82) is 0 Å². The molecule has 0 fully saturated rings. The molecule has 0 radical (unpaired) electrons. The van der Waals surface area contributed by atoms with E-state index >= 15 is 0 Å². The van der Waals surface area contributed by atoms with Gasteiger partial charge in [0.05, 0.1) is 17.8 Å². The minimum Gasteiger partial charge on any atom is -0.310 e. The van der Waals surface area contributed by atoms with Crippen molar-refractivity contribution in [3.63, 3.8) is 0 Å². The van der Waals surface area contributed by atoms with E-state index in [-0.39, 0.29) is 17.2 Å². The van der Waals surface area contributed by atoms with Gasteiger partial charge in [0, 0.05) is 61.4 Å². The Kier molecular flexibility index (Phi) is 13.0. The molecule has 4 aromatic heterocycles. The van der Waals surface area contributed by atoms with Crippen LogP contribution in [-0.2, 0) is 6.54 Å². The van der Waals surface area contributed by atoms with Gasteiger partial charge in [0.15, 0.2) is 0 Å². The second kappa shape index (κ2) is 16.4. The molecule has 42 heavy (non-hydrogen) atoms. The van der Waals surface area contributed by atoms with Crippen LogP contribution < -0.4 is 10.9 Å². The van der Waals surface area contributed by atoms with E-state index in [2.05, 4.69) is 25.3 Å². The quantitative estimate of drug-likeness (QED) is 0.271. The summed E-state index contributed by atoms with van der Waals surface area (Å²) in [6, 6.07) is 13.5. The summed E-state index contributed by atoms with van der Waals surface area (Å²) in [4.78, 5) is 40.1. The average molecular weight is 579 g/mol. The van der Waals surface area contributed by atoms with Crippen molar-refractivity contribution in [3.05, 3.63) is 130 Å². The maximum atomic E-state index is 12.3. The van der Waals surface area contributed by atoms with Gasteiger partial charge in [-0.2, -0.15) is 13.2 Å². The number of aryl methyl sites for hydroxylation is 1. The molecule has 0 saturated heterocycles. The fraction of sp³-hybridized carbons (Fsp3) is 0.226. The number of pyridine rings is 4. The molecule has 0 atom stereocenters. The summed E-state index contributed by atoms with van der Waals surface area (Å²) in [7, 11) is 1.45. The number of hydrogen-bond donors (Lipinski definition) is 1. The summed E-state index contributed by atoms with van der Waals surface area (Å²) in [6.45, 7) is 7.30. The highest BCUT2D eigenvalue weighted by Gasteiger charge is 2.30. The van der Waals surface area contributed by atoms with Crippen molar-refractivity contribution in [2.75, 3.05) is 12.4 Å². The molecule has 1 N–H and O–H groups in total. The molecule has 220 valence electrons. The van der Waals surface area contributed by atoms with E-state index in [1.807, 2.05) is 32.9 Å². The van der Waals surface area contributed by atoms with Crippen LogP contribution >= 0.6 is 0 Å². The van der Waals surface area contributed by atoms with Crippen LogP contribution in [0.4, 0.5) is 19.0 Å². The Balaban J connectivity index is 0.000000299. The Morgan fingerprint density at radius 3 is 2.21 bits per heavy atom. The maximum absolute atomic E-state index is 12.3. The number of aromatic nitrogens is 4. The number of carbonyl (C=O) groups excluding carboxylic acids is 1. The Morgan fingerprint density at radius 2 is 1.67 bits per heavy atom. The monoisotopic (exact) mass is 578 g/mol. The van der Waals surface area contributed by atoms with Gasteiger partial charge in [-0.25, -0.2) is 4.98 Å². The number of carbonyl (C=O) groups is 1. The van der Waals surface area contributed by atoms with E-state index in [1.54, 1.807) is 55.2 Å². The van der Waals surface area contributed by atoms with Gasteiger partial charge in [-0.15, -0.1) is 0 Å². The fourth-order valence-corrected chi connectivity index (χ4v) is 3.29. The Morgan fingerprint density at radius 1 is 0.976 bits per heavy atom.